The van der Waals surface area contributed by atoms with E-state index < -0.39 is 23.7 Å². The lowest BCUT2D eigenvalue weighted by Crippen LogP contribution is -2.41. The number of nitrogens with one attached hydrogen (secondary N) is 1. The summed E-state index contributed by atoms with van der Waals surface area (Å²) in [6.07, 6.45) is 1.03. The first kappa shape index (κ1) is 17.1. The molecule has 1 rings (SSSR count). The molecule has 21 heavy (non-hydrogen) atoms. The number of rotatable bonds is 5. The van der Waals surface area contributed by atoms with E-state index in [1.165, 1.54) is 18.2 Å². The molecule has 1 amide bonds. The van der Waals surface area contributed by atoms with Crippen LogP contribution < -0.4 is 5.32 Å². The van der Waals surface area contributed by atoms with E-state index in [1.807, 2.05) is 20.8 Å². The molecule has 0 heterocycles. The predicted molar refractivity (Wildman–Crippen MR) is 78.7 cm³/mol. The number of hydrogen-bond acceptors (Lipinski definition) is 2. The first-order valence-electron chi connectivity index (χ1n) is 6.90. The van der Waals surface area contributed by atoms with Crippen molar-refractivity contribution in [2.75, 3.05) is 0 Å². The summed E-state index contributed by atoms with van der Waals surface area (Å²) in [5.74, 6) is -1.98. The molecular weight excluding hydrogens is 273 g/mol. The lowest BCUT2D eigenvalue weighted by molar-refractivity contribution is -0.139. The van der Waals surface area contributed by atoms with Crippen molar-refractivity contribution < 1.29 is 19.1 Å². The van der Waals surface area contributed by atoms with E-state index in [2.05, 4.69) is 5.32 Å². The van der Waals surface area contributed by atoms with Crippen molar-refractivity contribution in [3.63, 3.8) is 0 Å². The second kappa shape index (κ2) is 6.70. The highest BCUT2D eigenvalue weighted by Gasteiger charge is 2.23. The van der Waals surface area contributed by atoms with Gasteiger partial charge in [-0.05, 0) is 48.9 Å². The normalized spacial score (nSPS) is 12.8. The summed E-state index contributed by atoms with van der Waals surface area (Å²) in [5, 5.41) is 11.7. The van der Waals surface area contributed by atoms with Gasteiger partial charge in [0.1, 0.15) is 11.9 Å². The molecule has 0 aromatic heterocycles. The minimum Gasteiger partial charge on any atom is -0.480 e. The minimum atomic E-state index is -1.06. The van der Waals surface area contributed by atoms with Crippen LogP contribution in [0.1, 0.15) is 49.5 Å². The lowest BCUT2D eigenvalue weighted by Gasteiger charge is -2.21. The number of hydrogen-bond donors (Lipinski definition) is 2. The van der Waals surface area contributed by atoms with Crippen molar-refractivity contribution in [1.82, 2.24) is 5.32 Å². The standard InChI is InChI=1S/C16H22FNO3/c1-10-9-11(17)5-6-12(10)14(19)18-13(15(20)21)7-8-16(2,3)4/h5-6,9,13H,7-8H2,1-4H3,(H,18,19)(H,20,21). The topological polar surface area (TPSA) is 66.4 Å². The van der Waals surface area contributed by atoms with Gasteiger partial charge in [0.15, 0.2) is 0 Å². The van der Waals surface area contributed by atoms with Crippen LogP contribution in [-0.4, -0.2) is 23.0 Å². The second-order valence-corrected chi connectivity index (χ2v) is 6.42. The van der Waals surface area contributed by atoms with Gasteiger partial charge in [-0.15, -0.1) is 0 Å². The predicted octanol–water partition coefficient (Wildman–Crippen LogP) is 3.14. The zero-order valence-corrected chi connectivity index (χ0v) is 12.9. The van der Waals surface area contributed by atoms with E-state index in [0.29, 0.717) is 24.0 Å². The molecule has 0 aliphatic rings. The molecule has 0 saturated carbocycles. The monoisotopic (exact) mass is 295 g/mol. The molecule has 0 saturated heterocycles. The van der Waals surface area contributed by atoms with Gasteiger partial charge in [-0.25, -0.2) is 9.18 Å². The molecule has 0 fully saturated rings. The van der Waals surface area contributed by atoms with Gasteiger partial charge in [0, 0.05) is 5.56 Å². The summed E-state index contributed by atoms with van der Waals surface area (Å²) in [7, 11) is 0. The highest BCUT2D eigenvalue weighted by molar-refractivity contribution is 5.97. The van der Waals surface area contributed by atoms with E-state index in [4.69, 9.17) is 0 Å². The maximum Gasteiger partial charge on any atom is 0.326 e. The summed E-state index contributed by atoms with van der Waals surface area (Å²) < 4.78 is 13.0. The van der Waals surface area contributed by atoms with E-state index >= 15 is 0 Å². The fraction of sp³-hybridized carbons (Fsp3) is 0.500. The average Bonchev–Trinajstić information content (AvgIpc) is 2.32. The van der Waals surface area contributed by atoms with Crippen LogP contribution >= 0.6 is 0 Å². The Balaban J connectivity index is 2.79. The van der Waals surface area contributed by atoms with Gasteiger partial charge in [0.05, 0.1) is 0 Å². The number of carbonyl (C=O) groups is 2. The Morgan fingerprint density at radius 2 is 1.95 bits per heavy atom. The maximum atomic E-state index is 13.0. The number of aryl methyl sites for hydroxylation is 1. The number of carbonyl (C=O) groups excluding carboxylic acids is 1. The molecule has 0 spiro atoms. The van der Waals surface area contributed by atoms with Crippen LogP contribution in [0.5, 0.6) is 0 Å². The number of halogens is 1. The molecular formula is C16H22FNO3. The third-order valence-electron chi connectivity index (χ3n) is 3.22. The van der Waals surface area contributed by atoms with Gasteiger partial charge >= 0.3 is 5.97 Å². The largest absolute Gasteiger partial charge is 0.480 e. The van der Waals surface area contributed by atoms with E-state index in [-0.39, 0.29) is 5.41 Å². The Morgan fingerprint density at radius 3 is 2.43 bits per heavy atom. The Hall–Kier alpha value is -1.91. The molecule has 2 N–H and O–H groups in total. The maximum absolute atomic E-state index is 13.0. The van der Waals surface area contributed by atoms with Crippen LogP contribution in [0.15, 0.2) is 18.2 Å². The van der Waals surface area contributed by atoms with Gasteiger partial charge in [-0.2, -0.15) is 0 Å². The fourth-order valence-corrected chi connectivity index (χ4v) is 1.95. The van der Waals surface area contributed by atoms with Crippen molar-refractivity contribution in [2.45, 2.75) is 46.6 Å². The minimum absolute atomic E-state index is 0.00970. The zero-order valence-electron chi connectivity index (χ0n) is 12.9. The number of carboxylic acids is 1. The van der Waals surface area contributed by atoms with Crippen molar-refractivity contribution >= 4 is 11.9 Å². The fourth-order valence-electron chi connectivity index (χ4n) is 1.95. The SMILES string of the molecule is Cc1cc(F)ccc1C(=O)NC(CCC(C)(C)C)C(=O)O. The van der Waals surface area contributed by atoms with Crippen LogP contribution in [0.25, 0.3) is 0 Å². The van der Waals surface area contributed by atoms with Crippen molar-refractivity contribution in [3.8, 4) is 0 Å². The van der Waals surface area contributed by atoms with Gasteiger partial charge in [0.2, 0.25) is 0 Å². The molecule has 1 unspecified atom stereocenters. The first-order valence-corrected chi connectivity index (χ1v) is 6.90. The molecule has 0 aliphatic carbocycles. The van der Waals surface area contributed by atoms with Crippen LogP contribution in [0.4, 0.5) is 4.39 Å². The number of amides is 1. The number of aliphatic carboxylic acids is 1. The molecule has 5 heteroatoms. The molecule has 0 bridgehead atoms. The van der Waals surface area contributed by atoms with E-state index in [1.54, 1.807) is 6.92 Å². The van der Waals surface area contributed by atoms with Crippen LogP contribution in [-0.2, 0) is 4.79 Å². The van der Waals surface area contributed by atoms with Gasteiger partial charge in [-0.3, -0.25) is 4.79 Å². The highest BCUT2D eigenvalue weighted by Crippen LogP contribution is 2.22. The Labute approximate surface area is 124 Å². The Morgan fingerprint density at radius 1 is 1.33 bits per heavy atom. The smallest absolute Gasteiger partial charge is 0.326 e. The van der Waals surface area contributed by atoms with E-state index in [9.17, 15) is 19.1 Å². The van der Waals surface area contributed by atoms with Gasteiger partial charge in [0.25, 0.3) is 5.91 Å². The molecule has 1 atom stereocenters. The third kappa shape index (κ3) is 5.53. The van der Waals surface area contributed by atoms with Gasteiger partial charge < -0.3 is 10.4 Å². The summed E-state index contributed by atoms with van der Waals surface area (Å²) in [6.45, 7) is 7.65. The van der Waals surface area contributed by atoms with Crippen molar-refractivity contribution in [3.05, 3.63) is 35.1 Å². The average molecular weight is 295 g/mol. The zero-order chi connectivity index (χ0) is 16.2. The van der Waals surface area contributed by atoms with Crippen LogP contribution in [0.2, 0.25) is 0 Å². The summed E-state index contributed by atoms with van der Waals surface area (Å²) >= 11 is 0. The summed E-state index contributed by atoms with van der Waals surface area (Å²) in [6, 6.07) is 2.86. The van der Waals surface area contributed by atoms with Crippen molar-refractivity contribution in [1.29, 1.82) is 0 Å². The van der Waals surface area contributed by atoms with Gasteiger partial charge in [-0.1, -0.05) is 20.8 Å². The molecule has 0 aliphatic heterocycles. The second-order valence-electron chi connectivity index (χ2n) is 6.42. The lowest BCUT2D eigenvalue weighted by atomic mass is 9.88. The quantitative estimate of drug-likeness (QED) is 0.877. The first-order chi connectivity index (χ1) is 9.60. The van der Waals surface area contributed by atoms with E-state index in [0.717, 1.165) is 0 Å². The summed E-state index contributed by atoms with van der Waals surface area (Å²) in [5.41, 5.74) is 0.760. The third-order valence-corrected chi connectivity index (χ3v) is 3.22. The molecule has 4 nitrogen and oxygen atoms in total. The summed E-state index contributed by atoms with van der Waals surface area (Å²) in [4.78, 5) is 23.4. The Bertz CT molecular complexity index is 535. The van der Waals surface area contributed by atoms with Crippen LogP contribution in [0.3, 0.4) is 0 Å². The molecule has 0 radical (unpaired) electrons. The highest BCUT2D eigenvalue weighted by atomic mass is 19.1. The number of carboxylic acid groups (broad SMARTS) is 1. The molecule has 1 aromatic carbocycles. The number of benzene rings is 1. The molecule has 116 valence electrons. The Kier molecular flexibility index (Phi) is 5.47. The molecule has 1 aromatic rings. The van der Waals surface area contributed by atoms with Crippen molar-refractivity contribution in [2.24, 2.45) is 5.41 Å². The van der Waals surface area contributed by atoms with Crippen LogP contribution in [0, 0.1) is 18.2 Å².